The number of benzene rings is 2. The molecule has 3 aromatic rings. The molecule has 0 aliphatic carbocycles. The standard InChI is InChI=1S/C19H15F3N2O2/c1-11-7-8-13(9-12(11)2)17-10-16(24-26-17)18(25)23-15-6-4-3-5-14(15)19(20,21)22/h3-10H,1-2H3,(H,23,25). The number of hydrogen-bond donors (Lipinski definition) is 1. The molecule has 0 bridgehead atoms. The summed E-state index contributed by atoms with van der Waals surface area (Å²) < 4.78 is 44.2. The maximum Gasteiger partial charge on any atom is 0.418 e. The van der Waals surface area contributed by atoms with E-state index in [4.69, 9.17) is 4.52 Å². The molecule has 0 radical (unpaired) electrons. The third-order valence-electron chi connectivity index (χ3n) is 4.01. The lowest BCUT2D eigenvalue weighted by atomic mass is 10.0. The van der Waals surface area contributed by atoms with E-state index in [1.165, 1.54) is 24.3 Å². The van der Waals surface area contributed by atoms with E-state index in [9.17, 15) is 18.0 Å². The molecule has 0 saturated heterocycles. The van der Waals surface area contributed by atoms with Crippen molar-refractivity contribution in [3.63, 3.8) is 0 Å². The van der Waals surface area contributed by atoms with Gasteiger partial charge in [-0.2, -0.15) is 13.2 Å². The van der Waals surface area contributed by atoms with Crippen LogP contribution in [0.1, 0.15) is 27.2 Å². The molecule has 7 heteroatoms. The molecule has 0 atom stereocenters. The van der Waals surface area contributed by atoms with Crippen molar-refractivity contribution in [2.45, 2.75) is 20.0 Å². The summed E-state index contributed by atoms with van der Waals surface area (Å²) >= 11 is 0. The van der Waals surface area contributed by atoms with E-state index in [2.05, 4.69) is 10.5 Å². The Morgan fingerprint density at radius 1 is 1.04 bits per heavy atom. The van der Waals surface area contributed by atoms with Gasteiger partial charge in [0.1, 0.15) is 0 Å². The fourth-order valence-corrected chi connectivity index (χ4v) is 2.44. The first-order valence-electron chi connectivity index (χ1n) is 7.77. The summed E-state index contributed by atoms with van der Waals surface area (Å²) in [5.74, 6) is -0.414. The van der Waals surface area contributed by atoms with Crippen LogP contribution in [0.4, 0.5) is 18.9 Å². The summed E-state index contributed by atoms with van der Waals surface area (Å²) in [6, 6.07) is 11.8. The molecule has 134 valence electrons. The highest BCUT2D eigenvalue weighted by atomic mass is 19.4. The second-order valence-corrected chi connectivity index (χ2v) is 5.87. The van der Waals surface area contributed by atoms with Crippen molar-refractivity contribution in [1.29, 1.82) is 0 Å². The summed E-state index contributed by atoms with van der Waals surface area (Å²) in [5.41, 5.74) is 1.52. The van der Waals surface area contributed by atoms with Gasteiger partial charge in [-0.15, -0.1) is 0 Å². The molecule has 1 heterocycles. The quantitative estimate of drug-likeness (QED) is 0.696. The summed E-state index contributed by atoms with van der Waals surface area (Å²) in [6.07, 6.45) is -4.57. The van der Waals surface area contributed by atoms with E-state index >= 15 is 0 Å². The van der Waals surface area contributed by atoms with Crippen molar-refractivity contribution in [2.75, 3.05) is 5.32 Å². The first kappa shape index (κ1) is 17.7. The van der Waals surface area contributed by atoms with Crippen molar-refractivity contribution in [3.05, 3.63) is 70.9 Å². The molecule has 0 aliphatic rings. The van der Waals surface area contributed by atoms with Gasteiger partial charge in [0.15, 0.2) is 11.5 Å². The highest BCUT2D eigenvalue weighted by Gasteiger charge is 2.33. The van der Waals surface area contributed by atoms with Gasteiger partial charge >= 0.3 is 6.18 Å². The predicted molar refractivity (Wildman–Crippen MR) is 90.8 cm³/mol. The van der Waals surface area contributed by atoms with Crippen molar-refractivity contribution in [3.8, 4) is 11.3 Å². The fraction of sp³-hybridized carbons (Fsp3) is 0.158. The van der Waals surface area contributed by atoms with Gasteiger partial charge in [0.05, 0.1) is 11.3 Å². The molecule has 3 rings (SSSR count). The molecule has 1 aromatic heterocycles. The average molecular weight is 360 g/mol. The maximum absolute atomic E-state index is 13.0. The Morgan fingerprint density at radius 2 is 1.77 bits per heavy atom. The van der Waals surface area contributed by atoms with Gasteiger partial charge in [-0.25, -0.2) is 0 Å². The van der Waals surface area contributed by atoms with Gasteiger partial charge in [-0.05, 0) is 43.2 Å². The number of nitrogens with zero attached hydrogens (tertiary/aromatic N) is 1. The van der Waals surface area contributed by atoms with Crippen LogP contribution >= 0.6 is 0 Å². The lowest BCUT2D eigenvalue weighted by Crippen LogP contribution is -2.16. The molecular formula is C19H15F3N2O2. The Bertz CT molecular complexity index is 961. The summed E-state index contributed by atoms with van der Waals surface area (Å²) in [4.78, 5) is 12.3. The number of carbonyl (C=O) groups is 1. The van der Waals surface area contributed by atoms with E-state index < -0.39 is 17.6 Å². The molecule has 0 spiro atoms. The van der Waals surface area contributed by atoms with Crippen LogP contribution in [-0.4, -0.2) is 11.1 Å². The molecule has 26 heavy (non-hydrogen) atoms. The number of anilines is 1. The third-order valence-corrected chi connectivity index (χ3v) is 4.01. The van der Waals surface area contributed by atoms with E-state index in [1.54, 1.807) is 0 Å². The number of aryl methyl sites for hydroxylation is 2. The minimum atomic E-state index is -4.57. The van der Waals surface area contributed by atoms with Gasteiger partial charge in [0, 0.05) is 11.6 Å². The van der Waals surface area contributed by atoms with Crippen LogP contribution in [0.2, 0.25) is 0 Å². The molecule has 0 unspecified atom stereocenters. The van der Waals surface area contributed by atoms with Crippen molar-refractivity contribution >= 4 is 11.6 Å². The first-order valence-corrected chi connectivity index (χ1v) is 7.77. The van der Waals surface area contributed by atoms with Crippen LogP contribution in [0.25, 0.3) is 11.3 Å². The Hall–Kier alpha value is -3.09. The van der Waals surface area contributed by atoms with E-state index in [-0.39, 0.29) is 11.4 Å². The topological polar surface area (TPSA) is 55.1 Å². The van der Waals surface area contributed by atoms with Crippen LogP contribution in [-0.2, 0) is 6.18 Å². The number of carbonyl (C=O) groups excluding carboxylic acids is 1. The third kappa shape index (κ3) is 3.61. The van der Waals surface area contributed by atoms with Crippen LogP contribution < -0.4 is 5.32 Å². The zero-order valence-electron chi connectivity index (χ0n) is 14.0. The Morgan fingerprint density at radius 3 is 2.46 bits per heavy atom. The fourth-order valence-electron chi connectivity index (χ4n) is 2.44. The highest BCUT2D eigenvalue weighted by Crippen LogP contribution is 2.34. The zero-order chi connectivity index (χ0) is 18.9. The van der Waals surface area contributed by atoms with Crippen molar-refractivity contribution < 1.29 is 22.5 Å². The molecule has 1 N–H and O–H groups in total. The van der Waals surface area contributed by atoms with Gasteiger partial charge in [0.25, 0.3) is 5.91 Å². The van der Waals surface area contributed by atoms with E-state index in [1.807, 2.05) is 32.0 Å². The van der Waals surface area contributed by atoms with Crippen LogP contribution in [0.5, 0.6) is 0 Å². The van der Waals surface area contributed by atoms with Gasteiger partial charge in [0.2, 0.25) is 0 Å². The molecule has 2 aromatic carbocycles. The Balaban J connectivity index is 1.84. The molecule has 1 amide bonds. The second-order valence-electron chi connectivity index (χ2n) is 5.87. The van der Waals surface area contributed by atoms with Gasteiger partial charge in [-0.1, -0.05) is 29.4 Å². The van der Waals surface area contributed by atoms with Gasteiger partial charge < -0.3 is 9.84 Å². The Labute approximate surface area is 147 Å². The number of hydrogen-bond acceptors (Lipinski definition) is 3. The second kappa shape index (κ2) is 6.67. The molecule has 0 aliphatic heterocycles. The summed E-state index contributed by atoms with van der Waals surface area (Å²) in [7, 11) is 0. The SMILES string of the molecule is Cc1ccc(-c2cc(C(=O)Nc3ccccc3C(F)(F)F)no2)cc1C. The minimum Gasteiger partial charge on any atom is -0.355 e. The number of aromatic nitrogens is 1. The van der Waals surface area contributed by atoms with Crippen LogP contribution in [0.3, 0.4) is 0 Å². The number of rotatable bonds is 3. The Kier molecular flexibility index (Phi) is 4.54. The predicted octanol–water partition coefficient (Wildman–Crippen LogP) is 5.23. The van der Waals surface area contributed by atoms with E-state index in [0.29, 0.717) is 5.76 Å². The van der Waals surface area contributed by atoms with Gasteiger partial charge in [-0.3, -0.25) is 4.79 Å². The average Bonchev–Trinajstić information content (AvgIpc) is 3.07. The van der Waals surface area contributed by atoms with Crippen LogP contribution in [0.15, 0.2) is 53.1 Å². The molecule has 0 fully saturated rings. The lowest BCUT2D eigenvalue weighted by molar-refractivity contribution is -0.136. The number of alkyl halides is 3. The van der Waals surface area contributed by atoms with Crippen LogP contribution in [0, 0.1) is 13.8 Å². The minimum absolute atomic E-state index is 0.102. The summed E-state index contributed by atoms with van der Waals surface area (Å²) in [5, 5.41) is 5.90. The normalized spacial score (nSPS) is 11.4. The monoisotopic (exact) mass is 360 g/mol. The number of nitrogens with one attached hydrogen (secondary N) is 1. The summed E-state index contributed by atoms with van der Waals surface area (Å²) in [6.45, 7) is 3.91. The lowest BCUT2D eigenvalue weighted by Gasteiger charge is -2.12. The molecular weight excluding hydrogens is 345 g/mol. The number of para-hydroxylation sites is 1. The highest BCUT2D eigenvalue weighted by molar-refractivity contribution is 6.03. The van der Waals surface area contributed by atoms with Crippen molar-refractivity contribution in [1.82, 2.24) is 5.16 Å². The molecule has 0 saturated carbocycles. The first-order chi connectivity index (χ1) is 12.3. The zero-order valence-corrected chi connectivity index (χ0v) is 14.0. The van der Waals surface area contributed by atoms with E-state index in [0.717, 1.165) is 22.8 Å². The van der Waals surface area contributed by atoms with Crippen molar-refractivity contribution in [2.24, 2.45) is 0 Å². The maximum atomic E-state index is 13.0. The smallest absolute Gasteiger partial charge is 0.355 e. The largest absolute Gasteiger partial charge is 0.418 e. The number of halogens is 3. The number of amides is 1. The molecule has 4 nitrogen and oxygen atoms in total.